The van der Waals surface area contributed by atoms with Crippen molar-refractivity contribution in [2.24, 2.45) is 0 Å². The van der Waals surface area contributed by atoms with E-state index in [9.17, 15) is 31.2 Å². The fourth-order valence-electron chi connectivity index (χ4n) is 2.52. The van der Waals surface area contributed by atoms with Crippen molar-refractivity contribution in [1.29, 1.82) is 0 Å². The molecule has 1 heterocycles. The molecule has 7 nitrogen and oxygen atoms in total. The van der Waals surface area contributed by atoms with Gasteiger partial charge in [0.1, 0.15) is 0 Å². The molecule has 1 aromatic carbocycles. The quantitative estimate of drug-likeness (QED) is 0.708. The van der Waals surface area contributed by atoms with Crippen LogP contribution in [0.15, 0.2) is 29.2 Å². The molecule has 0 aliphatic carbocycles. The van der Waals surface area contributed by atoms with Crippen molar-refractivity contribution < 1.29 is 31.2 Å². The number of alkyl halides is 3. The Morgan fingerprint density at radius 1 is 1.27 bits per heavy atom. The third-order valence-corrected chi connectivity index (χ3v) is 5.39. The Balaban J connectivity index is 2.07. The zero-order valence-corrected chi connectivity index (χ0v) is 14.7. The van der Waals surface area contributed by atoms with E-state index >= 15 is 0 Å². The van der Waals surface area contributed by atoms with Crippen LogP contribution >= 0.6 is 0 Å². The van der Waals surface area contributed by atoms with Gasteiger partial charge in [0.05, 0.1) is 29.6 Å². The molecule has 2 unspecified atom stereocenters. The molecule has 26 heavy (non-hydrogen) atoms. The van der Waals surface area contributed by atoms with Gasteiger partial charge in [0.2, 0.25) is 11.8 Å². The summed E-state index contributed by atoms with van der Waals surface area (Å²) in [7, 11) is -5.41. The van der Waals surface area contributed by atoms with Gasteiger partial charge in [0.15, 0.2) is 0 Å². The number of carbonyl (C=O) groups is 2. The lowest BCUT2D eigenvalue weighted by molar-refractivity contribution is -0.132. The van der Waals surface area contributed by atoms with Crippen molar-refractivity contribution in [1.82, 2.24) is 16.0 Å². The topological polar surface area (TPSA) is 104 Å². The first kappa shape index (κ1) is 20.2. The third-order valence-electron chi connectivity index (χ3n) is 3.89. The highest BCUT2D eigenvalue weighted by molar-refractivity contribution is 7.92. The van der Waals surface area contributed by atoms with E-state index < -0.39 is 38.2 Å². The lowest BCUT2D eigenvalue weighted by Crippen LogP contribution is -2.59. The summed E-state index contributed by atoms with van der Waals surface area (Å²) in [5, 5.41) is 8.15. The van der Waals surface area contributed by atoms with Crippen molar-refractivity contribution in [2.75, 3.05) is 0 Å². The van der Waals surface area contributed by atoms with E-state index in [0.29, 0.717) is 5.56 Å². The minimum Gasteiger partial charge on any atom is -0.348 e. The Morgan fingerprint density at radius 2 is 1.85 bits per heavy atom. The van der Waals surface area contributed by atoms with Gasteiger partial charge in [-0.25, -0.2) is 8.42 Å². The van der Waals surface area contributed by atoms with E-state index in [1.165, 1.54) is 12.1 Å². The van der Waals surface area contributed by atoms with Crippen LogP contribution in [0.5, 0.6) is 0 Å². The maximum Gasteiger partial charge on any atom is 0.501 e. The van der Waals surface area contributed by atoms with Crippen LogP contribution in [0, 0.1) is 0 Å². The van der Waals surface area contributed by atoms with Gasteiger partial charge in [-0.1, -0.05) is 12.1 Å². The minimum absolute atomic E-state index is 0.0361. The van der Waals surface area contributed by atoms with Gasteiger partial charge in [-0.15, -0.1) is 0 Å². The lowest BCUT2D eigenvalue weighted by atomic mass is 10.1. The number of hydrogen-bond acceptors (Lipinski definition) is 5. The molecule has 1 aromatic rings. The number of nitrogens with one attached hydrogen (secondary N) is 3. The van der Waals surface area contributed by atoms with Crippen LogP contribution in [-0.2, 0) is 19.4 Å². The molecule has 0 aromatic heterocycles. The number of amides is 2. The summed E-state index contributed by atoms with van der Waals surface area (Å²) < 4.78 is 60.3. The zero-order chi connectivity index (χ0) is 19.7. The molecule has 0 saturated carbocycles. The molecular weight excluding hydrogens is 375 g/mol. The van der Waals surface area contributed by atoms with Crippen molar-refractivity contribution >= 4 is 21.7 Å². The van der Waals surface area contributed by atoms with E-state index in [2.05, 4.69) is 16.0 Å². The first-order chi connectivity index (χ1) is 11.9. The maximum atomic E-state index is 12.5. The van der Waals surface area contributed by atoms with Crippen LogP contribution in [0.2, 0.25) is 0 Å². The first-order valence-corrected chi connectivity index (χ1v) is 9.17. The third kappa shape index (κ3) is 4.33. The molecule has 1 aliphatic rings. The zero-order valence-electron chi connectivity index (χ0n) is 13.9. The Bertz CT molecular complexity index is 793. The molecule has 1 aliphatic heterocycles. The number of rotatable bonds is 4. The van der Waals surface area contributed by atoms with Gasteiger partial charge in [0.25, 0.3) is 9.84 Å². The smallest absolute Gasteiger partial charge is 0.348 e. The fourth-order valence-corrected chi connectivity index (χ4v) is 3.28. The summed E-state index contributed by atoms with van der Waals surface area (Å²) in [4.78, 5) is 22.8. The Labute approximate surface area is 148 Å². The summed E-state index contributed by atoms with van der Waals surface area (Å²) in [6, 6.07) is 2.77. The van der Waals surface area contributed by atoms with Crippen molar-refractivity contribution in [2.45, 2.75) is 48.9 Å². The summed E-state index contributed by atoms with van der Waals surface area (Å²) in [6.45, 7) is 3.28. The summed E-state index contributed by atoms with van der Waals surface area (Å²) in [6.07, 6.45) is -0.403. The molecule has 1 saturated heterocycles. The molecule has 1 fully saturated rings. The largest absolute Gasteiger partial charge is 0.501 e. The van der Waals surface area contributed by atoms with Crippen LogP contribution in [0.4, 0.5) is 13.2 Å². The average Bonchev–Trinajstić information content (AvgIpc) is 2.52. The van der Waals surface area contributed by atoms with Gasteiger partial charge in [0, 0.05) is 0 Å². The van der Waals surface area contributed by atoms with E-state index in [-0.39, 0.29) is 18.5 Å². The lowest BCUT2D eigenvalue weighted by Gasteiger charge is -2.29. The normalized spacial score (nSPS) is 22.4. The van der Waals surface area contributed by atoms with E-state index in [1.807, 2.05) is 0 Å². The molecule has 144 valence electrons. The number of sulfone groups is 1. The Morgan fingerprint density at radius 3 is 2.35 bits per heavy atom. The fraction of sp³-hybridized carbons (Fsp3) is 0.467. The highest BCUT2D eigenvalue weighted by atomic mass is 32.2. The molecule has 0 spiro atoms. The molecule has 0 radical (unpaired) electrons. The van der Waals surface area contributed by atoms with E-state index in [0.717, 1.165) is 12.1 Å². The number of halogens is 3. The number of carbonyl (C=O) groups excluding carboxylic acids is 2. The molecule has 3 N–H and O–H groups in total. The predicted octanol–water partition coefficient (Wildman–Crippen LogP) is 0.981. The summed E-state index contributed by atoms with van der Waals surface area (Å²) in [5.74, 6) is -0.711. The SMILES string of the molecule is CC1NC(=O)CC(C(=O)N[C@H](C)c2ccc(S(=O)(=O)C(F)(F)F)cc2)N1. The average molecular weight is 393 g/mol. The van der Waals surface area contributed by atoms with Crippen LogP contribution < -0.4 is 16.0 Å². The minimum atomic E-state index is -5.41. The Hall–Kier alpha value is -2.14. The highest BCUT2D eigenvalue weighted by Crippen LogP contribution is 2.30. The summed E-state index contributed by atoms with van der Waals surface area (Å²) in [5.41, 5.74) is -4.95. The van der Waals surface area contributed by atoms with Crippen molar-refractivity contribution in [3.8, 4) is 0 Å². The predicted molar refractivity (Wildman–Crippen MR) is 85.4 cm³/mol. The van der Waals surface area contributed by atoms with Gasteiger partial charge >= 0.3 is 5.51 Å². The second-order valence-corrected chi connectivity index (χ2v) is 7.90. The van der Waals surface area contributed by atoms with Crippen LogP contribution in [0.1, 0.15) is 31.9 Å². The molecular formula is C15H18F3N3O4S. The second-order valence-electron chi connectivity index (χ2n) is 5.96. The molecule has 2 amide bonds. The van der Waals surface area contributed by atoms with Crippen molar-refractivity contribution in [3.63, 3.8) is 0 Å². The monoisotopic (exact) mass is 393 g/mol. The van der Waals surface area contributed by atoms with Crippen LogP contribution in [0.3, 0.4) is 0 Å². The molecule has 2 rings (SSSR count). The number of benzene rings is 1. The standard InChI is InChI=1S/C15H18F3N3O4S/c1-8(19-14(23)12-7-13(22)21-9(2)20-12)10-3-5-11(6-4-10)26(24,25)15(16,17)18/h3-6,8-9,12,20H,7H2,1-2H3,(H,19,23)(H,21,22)/t8-,9?,12?/m1/s1. The number of hydrogen-bond donors (Lipinski definition) is 3. The second kappa shape index (κ2) is 7.23. The maximum absolute atomic E-state index is 12.5. The van der Waals surface area contributed by atoms with Crippen LogP contribution in [-0.4, -0.2) is 37.9 Å². The van der Waals surface area contributed by atoms with Gasteiger partial charge in [-0.3, -0.25) is 14.9 Å². The molecule has 3 atom stereocenters. The highest BCUT2D eigenvalue weighted by Gasteiger charge is 2.46. The van der Waals surface area contributed by atoms with Gasteiger partial charge in [-0.05, 0) is 31.5 Å². The van der Waals surface area contributed by atoms with Gasteiger partial charge < -0.3 is 10.6 Å². The van der Waals surface area contributed by atoms with Crippen molar-refractivity contribution in [3.05, 3.63) is 29.8 Å². The Kier molecular flexibility index (Phi) is 5.61. The molecule has 11 heteroatoms. The summed E-state index contributed by atoms with van der Waals surface area (Å²) >= 11 is 0. The van der Waals surface area contributed by atoms with E-state index in [1.54, 1.807) is 13.8 Å². The molecule has 0 bridgehead atoms. The first-order valence-electron chi connectivity index (χ1n) is 7.69. The van der Waals surface area contributed by atoms with Gasteiger partial charge in [-0.2, -0.15) is 13.2 Å². The van der Waals surface area contributed by atoms with E-state index in [4.69, 9.17) is 0 Å². The van der Waals surface area contributed by atoms with Crippen LogP contribution in [0.25, 0.3) is 0 Å².